The van der Waals surface area contributed by atoms with Crippen LogP contribution in [-0.4, -0.2) is 44.3 Å². The van der Waals surface area contributed by atoms with Gasteiger partial charge in [0.05, 0.1) is 6.10 Å². The van der Waals surface area contributed by atoms with Crippen molar-refractivity contribution in [3.8, 4) is 0 Å². The second-order valence-electron chi connectivity index (χ2n) is 4.99. The number of rotatable bonds is 7. The minimum Gasteiger partial charge on any atom is -0.378 e. The van der Waals surface area contributed by atoms with Crippen molar-refractivity contribution in [3.63, 3.8) is 0 Å². The Balaban J connectivity index is 1.52. The third-order valence-corrected chi connectivity index (χ3v) is 4.19. The summed E-state index contributed by atoms with van der Waals surface area (Å²) in [4.78, 5) is 3.81. The van der Waals surface area contributed by atoms with Crippen molar-refractivity contribution in [2.24, 2.45) is 0 Å². The van der Waals surface area contributed by atoms with E-state index in [1.807, 2.05) is 11.3 Å². The number of ether oxygens (including phenoxy) is 1. The zero-order valence-electron chi connectivity index (χ0n) is 11.2. The van der Waals surface area contributed by atoms with Gasteiger partial charge in [0.15, 0.2) is 0 Å². The van der Waals surface area contributed by atoms with Crippen LogP contribution in [0.2, 0.25) is 0 Å². The van der Waals surface area contributed by atoms with Crippen molar-refractivity contribution in [2.75, 3.05) is 33.3 Å². The van der Waals surface area contributed by atoms with Gasteiger partial charge in [0, 0.05) is 24.6 Å². The molecule has 0 atom stereocenters. The molecule has 1 fully saturated rings. The highest BCUT2D eigenvalue weighted by Crippen LogP contribution is 2.11. The minimum atomic E-state index is 0.494. The Labute approximate surface area is 114 Å². The van der Waals surface area contributed by atoms with Crippen LogP contribution in [-0.2, 0) is 11.3 Å². The van der Waals surface area contributed by atoms with E-state index in [2.05, 4.69) is 34.8 Å². The van der Waals surface area contributed by atoms with Gasteiger partial charge in [-0.2, -0.15) is 0 Å². The number of hydrogen-bond acceptors (Lipinski definition) is 4. The maximum Gasteiger partial charge on any atom is 0.0599 e. The monoisotopic (exact) mass is 268 g/mol. The summed E-state index contributed by atoms with van der Waals surface area (Å²) in [7, 11) is 2.18. The van der Waals surface area contributed by atoms with Crippen LogP contribution in [0.1, 0.15) is 24.1 Å². The predicted molar refractivity (Wildman–Crippen MR) is 77.1 cm³/mol. The third-order valence-electron chi connectivity index (χ3n) is 3.33. The fraction of sp³-hybridized carbons (Fsp3) is 0.714. The molecule has 2 rings (SSSR count). The Hall–Kier alpha value is -0.420. The molecule has 4 heteroatoms. The van der Waals surface area contributed by atoms with Gasteiger partial charge in [0.1, 0.15) is 0 Å². The second-order valence-corrected chi connectivity index (χ2v) is 6.02. The minimum absolute atomic E-state index is 0.494. The molecule has 1 aromatic heterocycles. The molecule has 1 aliphatic rings. The molecule has 0 aliphatic carbocycles. The molecule has 0 bridgehead atoms. The van der Waals surface area contributed by atoms with Gasteiger partial charge in [-0.1, -0.05) is 6.07 Å². The third kappa shape index (κ3) is 5.06. The number of nitrogens with zero attached hydrogens (tertiary/aromatic N) is 1. The molecule has 1 saturated heterocycles. The van der Waals surface area contributed by atoms with Gasteiger partial charge >= 0.3 is 0 Å². The number of hydrogen-bond donors (Lipinski definition) is 1. The summed E-state index contributed by atoms with van der Waals surface area (Å²) in [5.41, 5.74) is 0. The average molecular weight is 268 g/mol. The summed E-state index contributed by atoms with van der Waals surface area (Å²) in [6.45, 7) is 5.30. The van der Waals surface area contributed by atoms with E-state index < -0.39 is 0 Å². The van der Waals surface area contributed by atoms with Gasteiger partial charge in [-0.05, 0) is 50.8 Å². The zero-order chi connectivity index (χ0) is 12.6. The highest BCUT2D eigenvalue weighted by molar-refractivity contribution is 7.09. The summed E-state index contributed by atoms with van der Waals surface area (Å²) < 4.78 is 5.90. The Morgan fingerprint density at radius 1 is 1.44 bits per heavy atom. The van der Waals surface area contributed by atoms with Crippen LogP contribution in [0.4, 0.5) is 0 Å². The molecule has 1 N–H and O–H groups in total. The lowest BCUT2D eigenvalue weighted by Crippen LogP contribution is -2.33. The number of nitrogens with one attached hydrogen (secondary N) is 1. The van der Waals surface area contributed by atoms with Crippen LogP contribution in [0, 0.1) is 0 Å². The molecule has 1 aliphatic heterocycles. The maximum absolute atomic E-state index is 5.90. The van der Waals surface area contributed by atoms with Crippen LogP contribution >= 0.6 is 11.3 Å². The first-order chi connectivity index (χ1) is 8.84. The van der Waals surface area contributed by atoms with Crippen molar-refractivity contribution < 1.29 is 4.74 Å². The quantitative estimate of drug-likeness (QED) is 0.768. The van der Waals surface area contributed by atoms with E-state index in [0.29, 0.717) is 6.10 Å². The van der Waals surface area contributed by atoms with Gasteiger partial charge in [0.25, 0.3) is 0 Å². The van der Waals surface area contributed by atoms with Gasteiger partial charge < -0.3 is 15.0 Å². The van der Waals surface area contributed by atoms with Crippen LogP contribution < -0.4 is 5.32 Å². The van der Waals surface area contributed by atoms with Crippen LogP contribution in [0.15, 0.2) is 17.5 Å². The molecule has 1 aromatic rings. The number of thiophene rings is 1. The Morgan fingerprint density at radius 3 is 3.00 bits per heavy atom. The molecule has 102 valence electrons. The molecule has 0 unspecified atom stereocenters. The molecular weight excluding hydrogens is 244 g/mol. The predicted octanol–water partition coefficient (Wildman–Crippen LogP) is 2.34. The van der Waals surface area contributed by atoms with Gasteiger partial charge in [-0.15, -0.1) is 11.3 Å². The van der Waals surface area contributed by atoms with Gasteiger partial charge in [-0.25, -0.2) is 0 Å². The zero-order valence-corrected chi connectivity index (χ0v) is 12.0. The summed E-state index contributed by atoms with van der Waals surface area (Å²) in [6, 6.07) is 4.32. The standard InChI is InChI=1S/C14H24N2OS/c1-16(12-14-4-2-11-18-14)9-3-10-17-13-5-7-15-8-6-13/h2,4,11,13,15H,3,5-10,12H2,1H3. The van der Waals surface area contributed by atoms with Gasteiger partial charge in [-0.3, -0.25) is 0 Å². The highest BCUT2D eigenvalue weighted by Gasteiger charge is 2.12. The highest BCUT2D eigenvalue weighted by atomic mass is 32.1. The van der Waals surface area contributed by atoms with E-state index >= 15 is 0 Å². The van der Waals surface area contributed by atoms with Crippen molar-refractivity contribution in [2.45, 2.75) is 31.9 Å². The van der Waals surface area contributed by atoms with Gasteiger partial charge in [0.2, 0.25) is 0 Å². The van der Waals surface area contributed by atoms with E-state index in [-0.39, 0.29) is 0 Å². The molecule has 2 heterocycles. The molecule has 0 amide bonds. The normalized spacial score (nSPS) is 17.4. The molecule has 0 saturated carbocycles. The Kier molecular flexibility index (Phi) is 6.14. The molecule has 0 spiro atoms. The van der Waals surface area contributed by atoms with E-state index in [1.165, 1.54) is 17.7 Å². The van der Waals surface area contributed by atoms with Crippen molar-refractivity contribution in [1.29, 1.82) is 0 Å². The van der Waals surface area contributed by atoms with Crippen molar-refractivity contribution in [1.82, 2.24) is 10.2 Å². The van der Waals surface area contributed by atoms with Crippen LogP contribution in [0.25, 0.3) is 0 Å². The summed E-state index contributed by atoms with van der Waals surface area (Å²) >= 11 is 1.83. The van der Waals surface area contributed by atoms with Crippen LogP contribution in [0.3, 0.4) is 0 Å². The van der Waals surface area contributed by atoms with Crippen molar-refractivity contribution >= 4 is 11.3 Å². The maximum atomic E-state index is 5.90. The molecule has 3 nitrogen and oxygen atoms in total. The first kappa shape index (κ1) is 14.0. The van der Waals surface area contributed by atoms with Crippen LogP contribution in [0.5, 0.6) is 0 Å². The topological polar surface area (TPSA) is 24.5 Å². The molecule has 0 radical (unpaired) electrons. The summed E-state index contributed by atoms with van der Waals surface area (Å²) in [6.07, 6.45) is 3.97. The smallest absolute Gasteiger partial charge is 0.0599 e. The molecule has 0 aromatic carbocycles. The Bertz CT molecular complexity index is 310. The molecule has 18 heavy (non-hydrogen) atoms. The SMILES string of the molecule is CN(CCCOC1CCNCC1)Cc1cccs1. The first-order valence-electron chi connectivity index (χ1n) is 6.88. The van der Waals surface area contributed by atoms with E-state index in [9.17, 15) is 0 Å². The number of piperidine rings is 1. The van der Waals surface area contributed by atoms with Crippen molar-refractivity contribution in [3.05, 3.63) is 22.4 Å². The lowest BCUT2D eigenvalue weighted by Gasteiger charge is -2.23. The average Bonchev–Trinajstić information content (AvgIpc) is 2.89. The second kappa shape index (κ2) is 7.89. The lowest BCUT2D eigenvalue weighted by molar-refractivity contribution is 0.0284. The molecular formula is C14H24N2OS. The fourth-order valence-electron chi connectivity index (χ4n) is 2.29. The van der Waals surface area contributed by atoms with E-state index in [4.69, 9.17) is 4.74 Å². The Morgan fingerprint density at radius 2 is 2.28 bits per heavy atom. The fourth-order valence-corrected chi connectivity index (χ4v) is 3.08. The summed E-state index contributed by atoms with van der Waals surface area (Å²) in [5, 5.41) is 5.50. The first-order valence-corrected chi connectivity index (χ1v) is 7.76. The largest absolute Gasteiger partial charge is 0.378 e. The summed E-state index contributed by atoms with van der Waals surface area (Å²) in [5.74, 6) is 0. The van der Waals surface area contributed by atoms with E-state index in [0.717, 1.165) is 39.2 Å². The van der Waals surface area contributed by atoms with E-state index in [1.54, 1.807) is 0 Å². The lowest BCUT2D eigenvalue weighted by atomic mass is 10.1.